The Hall–Kier alpha value is -1.30. The largest absolute Gasteiger partial charge is 0.347 e. The summed E-state index contributed by atoms with van der Waals surface area (Å²) in [6.45, 7) is 4.00. The summed E-state index contributed by atoms with van der Waals surface area (Å²) in [6, 6.07) is 7.46. The highest BCUT2D eigenvalue weighted by molar-refractivity contribution is 6.31. The number of nitrogens with one attached hydrogen (secondary N) is 2. The fraction of sp³-hybridized carbons (Fsp3) is 0.500. The van der Waals surface area contributed by atoms with Crippen molar-refractivity contribution in [1.29, 1.82) is 0 Å². The number of rotatable bonds is 5. The molecule has 1 aromatic carbocycles. The van der Waals surface area contributed by atoms with Gasteiger partial charge in [0.25, 0.3) is 0 Å². The van der Waals surface area contributed by atoms with E-state index in [-0.39, 0.29) is 36.8 Å². The lowest BCUT2D eigenvalue weighted by atomic mass is 10.0. The number of piperazine rings is 1. The first kappa shape index (κ1) is 19.7. The van der Waals surface area contributed by atoms with Crippen LogP contribution in [0, 0.1) is 0 Å². The molecule has 1 aliphatic heterocycles. The van der Waals surface area contributed by atoms with Crippen molar-refractivity contribution in [2.45, 2.75) is 25.8 Å². The van der Waals surface area contributed by atoms with Crippen molar-refractivity contribution in [2.75, 3.05) is 26.2 Å². The Labute approximate surface area is 148 Å². The first-order valence-corrected chi connectivity index (χ1v) is 8.02. The highest BCUT2D eigenvalue weighted by Crippen LogP contribution is 2.28. The lowest BCUT2D eigenvalue weighted by molar-refractivity contribution is -0.135. The van der Waals surface area contributed by atoms with Crippen molar-refractivity contribution in [1.82, 2.24) is 15.5 Å². The van der Waals surface area contributed by atoms with Crippen LogP contribution in [0.25, 0.3) is 0 Å². The zero-order valence-electron chi connectivity index (χ0n) is 13.2. The van der Waals surface area contributed by atoms with E-state index in [1.807, 2.05) is 31.2 Å². The van der Waals surface area contributed by atoms with E-state index in [0.717, 1.165) is 18.5 Å². The van der Waals surface area contributed by atoms with Crippen LogP contribution in [0.15, 0.2) is 24.3 Å². The summed E-state index contributed by atoms with van der Waals surface area (Å²) in [5, 5.41) is 6.63. The lowest BCUT2D eigenvalue weighted by Crippen LogP contribution is -2.51. The summed E-state index contributed by atoms with van der Waals surface area (Å²) < 4.78 is 0. The topological polar surface area (TPSA) is 61.4 Å². The third kappa shape index (κ3) is 5.37. The van der Waals surface area contributed by atoms with Gasteiger partial charge in [0.1, 0.15) is 0 Å². The molecule has 0 bridgehead atoms. The zero-order valence-corrected chi connectivity index (χ0v) is 14.8. The van der Waals surface area contributed by atoms with Gasteiger partial charge in [0, 0.05) is 31.1 Å². The van der Waals surface area contributed by atoms with Crippen LogP contribution >= 0.6 is 24.0 Å². The molecule has 23 heavy (non-hydrogen) atoms. The molecule has 0 spiro atoms. The number of amides is 2. The molecule has 1 saturated heterocycles. The smallest absolute Gasteiger partial charge is 0.242 e. The van der Waals surface area contributed by atoms with Gasteiger partial charge < -0.3 is 15.5 Å². The van der Waals surface area contributed by atoms with Crippen LogP contribution in [0.1, 0.15) is 31.4 Å². The van der Waals surface area contributed by atoms with Crippen LogP contribution in [0.3, 0.4) is 0 Å². The number of nitrogens with zero attached hydrogens (tertiary/aromatic N) is 1. The summed E-state index contributed by atoms with van der Waals surface area (Å²) in [5.74, 6) is -0.156. The zero-order chi connectivity index (χ0) is 15.9. The maximum Gasteiger partial charge on any atom is 0.242 e. The molecule has 0 aliphatic carbocycles. The molecule has 5 nitrogen and oxygen atoms in total. The SMILES string of the molecule is CCCC(=O)NCC(=O)N1CCNCC1c1ccccc1Cl.Cl. The molecule has 0 saturated carbocycles. The standard InChI is InChI=1S/C16H22ClN3O2.ClH/c1-2-5-15(21)19-11-16(22)20-9-8-18-10-14(20)12-6-3-4-7-13(12)17;/h3-4,6-7,14,18H,2,5,8-11H2,1H3,(H,19,21);1H. The first-order chi connectivity index (χ1) is 10.6. The molecule has 1 heterocycles. The van der Waals surface area contributed by atoms with Crippen molar-refractivity contribution in [3.8, 4) is 0 Å². The Bertz CT molecular complexity index is 540. The second kappa shape index (κ2) is 9.75. The maximum absolute atomic E-state index is 12.4. The summed E-state index contributed by atoms with van der Waals surface area (Å²) >= 11 is 6.26. The van der Waals surface area contributed by atoms with Crippen LogP contribution < -0.4 is 10.6 Å². The normalized spacial score (nSPS) is 17.3. The van der Waals surface area contributed by atoms with Crippen molar-refractivity contribution in [2.24, 2.45) is 0 Å². The van der Waals surface area contributed by atoms with Gasteiger partial charge in [-0.05, 0) is 18.1 Å². The summed E-state index contributed by atoms with van der Waals surface area (Å²) in [7, 11) is 0. The van der Waals surface area contributed by atoms with Gasteiger partial charge in [-0.15, -0.1) is 12.4 Å². The highest BCUT2D eigenvalue weighted by Gasteiger charge is 2.28. The number of carbonyl (C=O) groups is 2. The molecule has 2 rings (SSSR count). The third-order valence-electron chi connectivity index (χ3n) is 3.74. The van der Waals surface area contributed by atoms with Crippen LogP contribution in [0.2, 0.25) is 5.02 Å². The minimum absolute atomic E-state index is 0. The lowest BCUT2D eigenvalue weighted by Gasteiger charge is -2.37. The van der Waals surface area contributed by atoms with E-state index in [0.29, 0.717) is 24.5 Å². The molecule has 1 atom stereocenters. The molecule has 1 fully saturated rings. The summed E-state index contributed by atoms with van der Waals surface area (Å²) in [4.78, 5) is 25.8. The van der Waals surface area contributed by atoms with E-state index < -0.39 is 0 Å². The maximum atomic E-state index is 12.4. The minimum atomic E-state index is -0.0990. The predicted molar refractivity (Wildman–Crippen MR) is 93.9 cm³/mol. The molecular formula is C16H23Cl2N3O2. The van der Waals surface area contributed by atoms with Gasteiger partial charge in [-0.3, -0.25) is 9.59 Å². The van der Waals surface area contributed by atoms with Gasteiger partial charge in [0.05, 0.1) is 12.6 Å². The van der Waals surface area contributed by atoms with E-state index in [9.17, 15) is 9.59 Å². The molecule has 0 radical (unpaired) electrons. The number of hydrogen-bond donors (Lipinski definition) is 2. The van der Waals surface area contributed by atoms with Crippen molar-refractivity contribution in [3.63, 3.8) is 0 Å². The number of hydrogen-bond acceptors (Lipinski definition) is 3. The third-order valence-corrected chi connectivity index (χ3v) is 4.09. The van der Waals surface area contributed by atoms with Crippen LogP contribution in [-0.4, -0.2) is 42.9 Å². The fourth-order valence-corrected chi connectivity index (χ4v) is 2.88. The molecule has 2 amide bonds. The average Bonchev–Trinajstić information content (AvgIpc) is 2.53. The van der Waals surface area contributed by atoms with Gasteiger partial charge in [-0.2, -0.15) is 0 Å². The average molecular weight is 360 g/mol. The molecular weight excluding hydrogens is 337 g/mol. The van der Waals surface area contributed by atoms with Gasteiger partial charge >= 0.3 is 0 Å². The molecule has 0 aromatic heterocycles. The Morgan fingerprint density at radius 1 is 1.39 bits per heavy atom. The molecule has 128 valence electrons. The van der Waals surface area contributed by atoms with E-state index in [4.69, 9.17) is 11.6 Å². The summed E-state index contributed by atoms with van der Waals surface area (Å²) in [5.41, 5.74) is 0.935. The van der Waals surface area contributed by atoms with Gasteiger partial charge in [-0.25, -0.2) is 0 Å². The fourth-order valence-electron chi connectivity index (χ4n) is 2.62. The van der Waals surface area contributed by atoms with Crippen molar-refractivity contribution < 1.29 is 9.59 Å². The first-order valence-electron chi connectivity index (χ1n) is 7.64. The van der Waals surface area contributed by atoms with Crippen LogP contribution in [-0.2, 0) is 9.59 Å². The van der Waals surface area contributed by atoms with Crippen molar-refractivity contribution >= 4 is 35.8 Å². The number of carbonyl (C=O) groups excluding carboxylic acids is 2. The van der Waals surface area contributed by atoms with Crippen LogP contribution in [0.5, 0.6) is 0 Å². The molecule has 1 aliphatic rings. The highest BCUT2D eigenvalue weighted by atomic mass is 35.5. The molecule has 1 aromatic rings. The number of benzene rings is 1. The van der Waals surface area contributed by atoms with E-state index >= 15 is 0 Å². The van der Waals surface area contributed by atoms with E-state index in [1.165, 1.54) is 0 Å². The van der Waals surface area contributed by atoms with E-state index in [1.54, 1.807) is 4.90 Å². The predicted octanol–water partition coefficient (Wildman–Crippen LogP) is 2.15. The molecule has 2 N–H and O–H groups in total. The Balaban J connectivity index is 0.00000264. The van der Waals surface area contributed by atoms with Crippen molar-refractivity contribution in [3.05, 3.63) is 34.9 Å². The van der Waals surface area contributed by atoms with Gasteiger partial charge in [-0.1, -0.05) is 36.7 Å². The monoisotopic (exact) mass is 359 g/mol. The second-order valence-corrected chi connectivity index (χ2v) is 5.76. The Morgan fingerprint density at radius 2 is 2.13 bits per heavy atom. The Kier molecular flexibility index (Phi) is 8.37. The molecule has 7 heteroatoms. The second-order valence-electron chi connectivity index (χ2n) is 5.36. The number of halogens is 2. The quantitative estimate of drug-likeness (QED) is 0.846. The van der Waals surface area contributed by atoms with E-state index in [2.05, 4.69) is 10.6 Å². The van der Waals surface area contributed by atoms with Crippen LogP contribution in [0.4, 0.5) is 0 Å². The van der Waals surface area contributed by atoms with Gasteiger partial charge in [0.15, 0.2) is 0 Å². The minimum Gasteiger partial charge on any atom is -0.347 e. The molecule has 1 unspecified atom stereocenters. The Morgan fingerprint density at radius 3 is 2.83 bits per heavy atom. The summed E-state index contributed by atoms with van der Waals surface area (Å²) in [6.07, 6.45) is 1.22. The van der Waals surface area contributed by atoms with Gasteiger partial charge in [0.2, 0.25) is 11.8 Å².